The van der Waals surface area contributed by atoms with E-state index < -0.39 is 11.5 Å². The third-order valence-corrected chi connectivity index (χ3v) is 4.55. The number of carbonyl (C=O) groups is 1. The van der Waals surface area contributed by atoms with Crippen molar-refractivity contribution >= 4 is 5.97 Å². The Morgan fingerprint density at radius 1 is 1.42 bits per heavy atom. The van der Waals surface area contributed by atoms with Crippen molar-refractivity contribution in [3.8, 4) is 0 Å². The van der Waals surface area contributed by atoms with Gasteiger partial charge in [-0.1, -0.05) is 6.92 Å². The smallest absolute Gasteiger partial charge is 0.323 e. The van der Waals surface area contributed by atoms with Gasteiger partial charge in [0, 0.05) is 25.2 Å². The van der Waals surface area contributed by atoms with E-state index in [1.165, 1.54) is 0 Å². The zero-order valence-corrected chi connectivity index (χ0v) is 12.8. The van der Waals surface area contributed by atoms with Crippen molar-refractivity contribution in [3.05, 3.63) is 0 Å². The summed E-state index contributed by atoms with van der Waals surface area (Å²) in [6.07, 6.45) is 1.87. The van der Waals surface area contributed by atoms with Gasteiger partial charge in [-0.25, -0.2) is 0 Å². The molecule has 112 valence electrons. The van der Waals surface area contributed by atoms with Crippen LogP contribution in [0, 0.1) is 0 Å². The normalized spacial score (nSPS) is 24.1. The van der Waals surface area contributed by atoms with Gasteiger partial charge in [-0.15, -0.1) is 0 Å². The lowest BCUT2D eigenvalue weighted by Gasteiger charge is -2.45. The minimum Gasteiger partial charge on any atom is -0.480 e. The Balaban J connectivity index is 2.40. The summed E-state index contributed by atoms with van der Waals surface area (Å²) in [6.45, 7) is 10.4. The molecular formula is C14H29N3O2. The van der Waals surface area contributed by atoms with Gasteiger partial charge in [0.1, 0.15) is 5.54 Å². The van der Waals surface area contributed by atoms with Crippen LogP contribution >= 0.6 is 0 Å². The highest BCUT2D eigenvalue weighted by Gasteiger charge is 2.33. The highest BCUT2D eigenvalue weighted by Crippen LogP contribution is 2.20. The van der Waals surface area contributed by atoms with Crippen LogP contribution in [0.1, 0.15) is 40.0 Å². The van der Waals surface area contributed by atoms with Crippen LogP contribution in [0.25, 0.3) is 0 Å². The first-order valence-electron chi connectivity index (χ1n) is 7.17. The molecule has 0 aliphatic carbocycles. The molecule has 1 aliphatic rings. The predicted molar refractivity (Wildman–Crippen MR) is 77.2 cm³/mol. The molecular weight excluding hydrogens is 242 g/mol. The maximum Gasteiger partial charge on any atom is 0.323 e. The van der Waals surface area contributed by atoms with Gasteiger partial charge in [0.05, 0.1) is 0 Å². The molecule has 0 saturated carbocycles. The van der Waals surface area contributed by atoms with E-state index in [4.69, 9.17) is 10.8 Å². The lowest BCUT2D eigenvalue weighted by molar-refractivity contribution is -0.143. The number of likely N-dealkylation sites (N-methyl/N-ethyl adjacent to an activating group) is 1. The molecule has 3 N–H and O–H groups in total. The lowest BCUT2D eigenvalue weighted by atomic mass is 9.91. The zero-order chi connectivity index (χ0) is 14.7. The molecule has 0 amide bonds. The monoisotopic (exact) mass is 271 g/mol. The maximum atomic E-state index is 11.1. The van der Waals surface area contributed by atoms with Crippen LogP contribution in [-0.4, -0.2) is 65.2 Å². The summed E-state index contributed by atoms with van der Waals surface area (Å²) in [5, 5.41) is 9.14. The highest BCUT2D eigenvalue weighted by atomic mass is 16.4. The minimum atomic E-state index is -1.05. The van der Waals surface area contributed by atoms with Crippen LogP contribution in [0.3, 0.4) is 0 Å². The molecule has 0 bridgehead atoms. The van der Waals surface area contributed by atoms with Gasteiger partial charge in [-0.05, 0) is 46.7 Å². The Morgan fingerprint density at radius 3 is 2.53 bits per heavy atom. The summed E-state index contributed by atoms with van der Waals surface area (Å²) in [7, 11) is 2.16. The molecule has 1 saturated heterocycles. The van der Waals surface area contributed by atoms with Crippen molar-refractivity contribution in [2.45, 2.75) is 51.1 Å². The maximum absolute atomic E-state index is 11.1. The molecule has 1 rings (SSSR count). The third-order valence-electron chi connectivity index (χ3n) is 4.55. The first-order valence-corrected chi connectivity index (χ1v) is 7.17. The summed E-state index contributed by atoms with van der Waals surface area (Å²) in [5.74, 6) is -0.881. The zero-order valence-electron chi connectivity index (χ0n) is 12.8. The molecule has 1 atom stereocenters. The standard InChI is InChI=1S/C14H29N3O2/c1-5-14(15,12(18)19)7-6-8-17-10-9-16(4)13(2,3)11-17/h5-11,15H2,1-4H3,(H,18,19). The molecule has 5 heteroatoms. The fraction of sp³-hybridized carbons (Fsp3) is 0.929. The van der Waals surface area contributed by atoms with Crippen molar-refractivity contribution in [2.75, 3.05) is 33.2 Å². The molecule has 0 aromatic carbocycles. The Kier molecular flexibility index (Phi) is 5.35. The molecule has 0 spiro atoms. The number of piperazine rings is 1. The largest absolute Gasteiger partial charge is 0.480 e. The minimum absolute atomic E-state index is 0.190. The Hall–Kier alpha value is -0.650. The van der Waals surface area contributed by atoms with E-state index in [1.54, 1.807) is 0 Å². The molecule has 1 unspecified atom stereocenters. The number of aliphatic carboxylic acids is 1. The predicted octanol–water partition coefficient (Wildman–Crippen LogP) is 0.985. The van der Waals surface area contributed by atoms with Gasteiger partial charge >= 0.3 is 5.97 Å². The first-order chi connectivity index (χ1) is 8.71. The number of nitrogens with zero attached hydrogens (tertiary/aromatic N) is 2. The molecule has 1 aliphatic heterocycles. The molecule has 5 nitrogen and oxygen atoms in total. The molecule has 1 fully saturated rings. The summed E-state index contributed by atoms with van der Waals surface area (Å²) in [5.41, 5.74) is 5.04. The summed E-state index contributed by atoms with van der Waals surface area (Å²) < 4.78 is 0. The van der Waals surface area contributed by atoms with E-state index in [2.05, 4.69) is 30.7 Å². The van der Waals surface area contributed by atoms with Gasteiger partial charge in [-0.3, -0.25) is 9.69 Å². The van der Waals surface area contributed by atoms with E-state index in [9.17, 15) is 4.79 Å². The molecule has 1 heterocycles. The summed E-state index contributed by atoms with van der Waals surface area (Å²) >= 11 is 0. The van der Waals surface area contributed by atoms with Crippen LogP contribution < -0.4 is 5.73 Å². The number of hydrogen-bond acceptors (Lipinski definition) is 4. The lowest BCUT2D eigenvalue weighted by Crippen LogP contribution is -2.57. The van der Waals surface area contributed by atoms with Gasteiger partial charge in [0.25, 0.3) is 0 Å². The van der Waals surface area contributed by atoms with Gasteiger partial charge < -0.3 is 15.7 Å². The van der Waals surface area contributed by atoms with E-state index >= 15 is 0 Å². The van der Waals surface area contributed by atoms with Crippen molar-refractivity contribution in [1.29, 1.82) is 0 Å². The Morgan fingerprint density at radius 2 is 2.05 bits per heavy atom. The van der Waals surface area contributed by atoms with Crippen molar-refractivity contribution < 1.29 is 9.90 Å². The average molecular weight is 271 g/mol. The fourth-order valence-electron chi connectivity index (χ4n) is 2.58. The SMILES string of the molecule is CCC(N)(CCCN1CCN(C)C(C)(C)C1)C(=O)O. The third kappa shape index (κ3) is 4.16. The van der Waals surface area contributed by atoms with Gasteiger partial charge in [0.2, 0.25) is 0 Å². The Labute approximate surface area is 116 Å². The number of hydrogen-bond donors (Lipinski definition) is 2. The molecule has 0 aromatic rings. The molecule has 0 aromatic heterocycles. The van der Waals surface area contributed by atoms with Crippen molar-refractivity contribution in [1.82, 2.24) is 9.80 Å². The molecule has 19 heavy (non-hydrogen) atoms. The number of nitrogens with two attached hydrogens (primary N) is 1. The van der Waals surface area contributed by atoms with Crippen LogP contribution in [-0.2, 0) is 4.79 Å². The van der Waals surface area contributed by atoms with Crippen LogP contribution in [0.15, 0.2) is 0 Å². The second-order valence-corrected chi connectivity index (χ2v) is 6.43. The quantitative estimate of drug-likeness (QED) is 0.754. The average Bonchev–Trinajstić information content (AvgIpc) is 2.33. The van der Waals surface area contributed by atoms with Crippen molar-refractivity contribution in [3.63, 3.8) is 0 Å². The topological polar surface area (TPSA) is 69.8 Å². The second kappa shape index (κ2) is 6.20. The van der Waals surface area contributed by atoms with E-state index in [-0.39, 0.29) is 5.54 Å². The number of rotatable bonds is 6. The van der Waals surface area contributed by atoms with E-state index in [0.717, 1.165) is 32.6 Å². The van der Waals surface area contributed by atoms with Crippen LogP contribution in [0.5, 0.6) is 0 Å². The van der Waals surface area contributed by atoms with E-state index in [0.29, 0.717) is 12.8 Å². The van der Waals surface area contributed by atoms with Crippen LogP contribution in [0.2, 0.25) is 0 Å². The van der Waals surface area contributed by atoms with E-state index in [1.807, 2.05) is 6.92 Å². The second-order valence-electron chi connectivity index (χ2n) is 6.43. The Bertz CT molecular complexity index is 320. The summed E-state index contributed by atoms with van der Waals surface area (Å²) in [4.78, 5) is 15.9. The highest BCUT2D eigenvalue weighted by molar-refractivity contribution is 5.78. The number of carboxylic acids is 1. The van der Waals surface area contributed by atoms with Gasteiger partial charge in [0.15, 0.2) is 0 Å². The molecule has 0 radical (unpaired) electrons. The van der Waals surface area contributed by atoms with Gasteiger partial charge in [-0.2, -0.15) is 0 Å². The fourth-order valence-corrected chi connectivity index (χ4v) is 2.58. The first kappa shape index (κ1) is 16.4. The summed E-state index contributed by atoms with van der Waals surface area (Å²) in [6, 6.07) is 0. The van der Waals surface area contributed by atoms with Crippen molar-refractivity contribution in [2.24, 2.45) is 5.73 Å². The van der Waals surface area contributed by atoms with Crippen LogP contribution in [0.4, 0.5) is 0 Å². The number of carboxylic acid groups (broad SMARTS) is 1.